The quantitative estimate of drug-likeness (QED) is 0.434. The number of nitriles is 1. The first-order valence-corrected chi connectivity index (χ1v) is 8.40. The van der Waals surface area contributed by atoms with Crippen LogP contribution in [0.3, 0.4) is 0 Å². The molecule has 0 fully saturated rings. The first-order valence-electron chi connectivity index (χ1n) is 6.42. The van der Waals surface area contributed by atoms with Crippen LogP contribution in [0.2, 0.25) is 10.0 Å². The Balaban J connectivity index is 2.45. The van der Waals surface area contributed by atoms with Crippen molar-refractivity contribution in [2.24, 2.45) is 4.99 Å². The molecule has 2 aromatic carbocycles. The zero-order valence-corrected chi connectivity index (χ0v) is 14.2. The Morgan fingerprint density at radius 2 is 1.82 bits per heavy atom. The van der Waals surface area contributed by atoms with E-state index in [2.05, 4.69) is 4.99 Å². The van der Waals surface area contributed by atoms with Crippen LogP contribution in [-0.4, -0.2) is 11.4 Å². The van der Waals surface area contributed by atoms with Gasteiger partial charge in [0.15, 0.2) is 5.17 Å². The van der Waals surface area contributed by atoms with Gasteiger partial charge in [-0.25, -0.2) is 0 Å². The van der Waals surface area contributed by atoms with E-state index in [1.807, 2.05) is 47.7 Å². The molecule has 0 bridgehead atoms. The second-order valence-electron chi connectivity index (χ2n) is 4.40. The van der Waals surface area contributed by atoms with Gasteiger partial charge in [-0.05, 0) is 30.0 Å². The number of benzene rings is 2. The molecule has 0 spiro atoms. The number of nitrogens with zero attached hydrogens (tertiary/aromatic N) is 3. The van der Waals surface area contributed by atoms with E-state index in [4.69, 9.17) is 28.5 Å². The first kappa shape index (κ1) is 16.7. The summed E-state index contributed by atoms with van der Waals surface area (Å²) in [7, 11) is 0. The van der Waals surface area contributed by atoms with Crippen LogP contribution in [0.15, 0.2) is 53.5 Å². The summed E-state index contributed by atoms with van der Waals surface area (Å²) in [5, 5.41) is 10.6. The van der Waals surface area contributed by atoms with E-state index in [1.165, 1.54) is 11.8 Å². The molecule has 0 aliphatic heterocycles. The molecule has 3 nitrogen and oxygen atoms in total. The van der Waals surface area contributed by atoms with E-state index >= 15 is 0 Å². The van der Waals surface area contributed by atoms with Gasteiger partial charge < -0.3 is 4.90 Å². The van der Waals surface area contributed by atoms with Crippen molar-refractivity contribution in [3.05, 3.63) is 64.1 Å². The van der Waals surface area contributed by atoms with Crippen molar-refractivity contribution in [3.8, 4) is 6.19 Å². The van der Waals surface area contributed by atoms with Gasteiger partial charge in [0.1, 0.15) is 0 Å². The Kier molecular flexibility index (Phi) is 6.14. The van der Waals surface area contributed by atoms with Crippen molar-refractivity contribution in [3.63, 3.8) is 0 Å². The van der Waals surface area contributed by atoms with Crippen LogP contribution in [0.5, 0.6) is 0 Å². The molecule has 0 N–H and O–H groups in total. The summed E-state index contributed by atoms with van der Waals surface area (Å²) in [4.78, 5) is 5.82. The zero-order valence-electron chi connectivity index (χ0n) is 11.8. The molecular weight excluding hydrogens is 337 g/mol. The highest BCUT2D eigenvalue weighted by Crippen LogP contribution is 2.28. The lowest BCUT2D eigenvalue weighted by molar-refractivity contribution is 1.01. The molecule has 0 aliphatic carbocycles. The molecule has 0 aromatic heterocycles. The number of hydrogen-bond donors (Lipinski definition) is 0. The van der Waals surface area contributed by atoms with E-state index < -0.39 is 0 Å². The van der Waals surface area contributed by atoms with E-state index in [9.17, 15) is 0 Å². The number of halogens is 2. The molecule has 0 atom stereocenters. The molecule has 112 valence electrons. The second kappa shape index (κ2) is 8.09. The third-order valence-corrected chi connectivity index (χ3v) is 4.01. The highest BCUT2D eigenvalue weighted by molar-refractivity contribution is 8.13. The summed E-state index contributed by atoms with van der Waals surface area (Å²) in [5.41, 5.74) is 1.89. The summed E-state index contributed by atoms with van der Waals surface area (Å²) in [6.45, 7) is 0.568. The Bertz CT molecular complexity index is 691. The number of aliphatic imine (C=N–C) groups is 1. The summed E-state index contributed by atoms with van der Waals surface area (Å²) in [5.74, 6) is 0. The zero-order chi connectivity index (χ0) is 15.9. The standard InChI is InChI=1S/C16H13Cl2N3S/c1-22-16(20-11-19)21(10-12-5-3-2-4-6-12)15-8-13(17)7-14(18)9-15/h2-9H,10H2,1H3/b20-16-. The van der Waals surface area contributed by atoms with Gasteiger partial charge in [-0.3, -0.25) is 0 Å². The second-order valence-corrected chi connectivity index (χ2v) is 6.04. The lowest BCUT2D eigenvalue weighted by Gasteiger charge is -2.25. The SMILES string of the molecule is CS/C(=N\C#N)N(Cc1ccccc1)c1cc(Cl)cc(Cl)c1. The average molecular weight is 350 g/mol. The Labute approximate surface area is 144 Å². The molecule has 0 aliphatic rings. The van der Waals surface area contributed by atoms with Gasteiger partial charge in [0, 0.05) is 15.7 Å². The van der Waals surface area contributed by atoms with Gasteiger partial charge in [-0.15, -0.1) is 4.99 Å². The van der Waals surface area contributed by atoms with Crippen LogP contribution in [0, 0.1) is 11.5 Å². The number of rotatable bonds is 3. The van der Waals surface area contributed by atoms with Crippen molar-refractivity contribution < 1.29 is 0 Å². The van der Waals surface area contributed by atoms with Crippen molar-refractivity contribution in [2.45, 2.75) is 6.54 Å². The predicted molar refractivity (Wildman–Crippen MR) is 95.7 cm³/mol. The van der Waals surface area contributed by atoms with Crippen molar-refractivity contribution >= 4 is 45.8 Å². The predicted octanol–water partition coefficient (Wildman–Crippen LogP) is 5.20. The maximum atomic E-state index is 8.91. The van der Waals surface area contributed by atoms with Gasteiger partial charge in [-0.2, -0.15) is 5.26 Å². The van der Waals surface area contributed by atoms with Crippen molar-refractivity contribution in [2.75, 3.05) is 11.2 Å². The Morgan fingerprint density at radius 1 is 1.18 bits per heavy atom. The van der Waals surface area contributed by atoms with E-state index in [0.29, 0.717) is 21.8 Å². The molecule has 0 radical (unpaired) electrons. The van der Waals surface area contributed by atoms with Crippen molar-refractivity contribution in [1.29, 1.82) is 5.26 Å². The minimum Gasteiger partial charge on any atom is -0.316 e. The number of anilines is 1. The third kappa shape index (κ3) is 4.41. The molecule has 6 heteroatoms. The van der Waals surface area contributed by atoms with Gasteiger partial charge in [0.25, 0.3) is 0 Å². The molecule has 0 heterocycles. The molecular formula is C16H13Cl2N3S. The molecule has 0 saturated carbocycles. The van der Waals surface area contributed by atoms with Gasteiger partial charge in [0.05, 0.1) is 6.54 Å². The highest BCUT2D eigenvalue weighted by Gasteiger charge is 2.15. The van der Waals surface area contributed by atoms with Crippen LogP contribution >= 0.6 is 35.0 Å². The lowest BCUT2D eigenvalue weighted by atomic mass is 10.2. The summed E-state index contributed by atoms with van der Waals surface area (Å²) in [6, 6.07) is 15.2. The fourth-order valence-electron chi connectivity index (χ4n) is 1.99. The number of thioether (sulfide) groups is 1. The normalized spacial score (nSPS) is 11.1. The topological polar surface area (TPSA) is 39.4 Å². The van der Waals surface area contributed by atoms with Crippen molar-refractivity contribution in [1.82, 2.24) is 0 Å². The first-order chi connectivity index (χ1) is 10.6. The molecule has 2 aromatic rings. The Hall–Kier alpha value is -1.67. The summed E-state index contributed by atoms with van der Waals surface area (Å²) < 4.78 is 0. The summed E-state index contributed by atoms with van der Waals surface area (Å²) in [6.07, 6.45) is 3.72. The van der Waals surface area contributed by atoms with Gasteiger partial charge in [0.2, 0.25) is 6.19 Å². The minimum absolute atomic E-state index is 0.540. The lowest BCUT2D eigenvalue weighted by Crippen LogP contribution is -2.28. The Morgan fingerprint density at radius 3 is 2.36 bits per heavy atom. The van der Waals surface area contributed by atoms with Gasteiger partial charge in [-0.1, -0.05) is 65.3 Å². The maximum absolute atomic E-state index is 8.91. The third-order valence-electron chi connectivity index (χ3n) is 2.90. The van der Waals surface area contributed by atoms with Gasteiger partial charge >= 0.3 is 0 Å². The van der Waals surface area contributed by atoms with E-state index in [1.54, 1.807) is 18.2 Å². The largest absolute Gasteiger partial charge is 0.316 e. The van der Waals surface area contributed by atoms with Crippen LogP contribution in [0.4, 0.5) is 5.69 Å². The number of amidine groups is 1. The van der Waals surface area contributed by atoms with Crippen LogP contribution in [0.25, 0.3) is 0 Å². The van der Waals surface area contributed by atoms with Crippen LogP contribution < -0.4 is 4.90 Å². The van der Waals surface area contributed by atoms with Crippen LogP contribution in [0.1, 0.15) is 5.56 Å². The monoisotopic (exact) mass is 349 g/mol. The molecule has 0 saturated heterocycles. The van der Waals surface area contributed by atoms with E-state index in [-0.39, 0.29) is 0 Å². The van der Waals surface area contributed by atoms with Crippen LogP contribution in [-0.2, 0) is 6.54 Å². The molecule has 22 heavy (non-hydrogen) atoms. The molecule has 0 unspecified atom stereocenters. The fourth-order valence-corrected chi connectivity index (χ4v) is 3.03. The fraction of sp³-hybridized carbons (Fsp3) is 0.125. The minimum atomic E-state index is 0.540. The summed E-state index contributed by atoms with van der Waals surface area (Å²) >= 11 is 13.6. The number of hydrogen-bond acceptors (Lipinski definition) is 3. The molecule has 0 amide bonds. The van der Waals surface area contributed by atoms with E-state index in [0.717, 1.165) is 11.3 Å². The maximum Gasteiger partial charge on any atom is 0.208 e. The smallest absolute Gasteiger partial charge is 0.208 e. The highest BCUT2D eigenvalue weighted by atomic mass is 35.5. The average Bonchev–Trinajstić information content (AvgIpc) is 2.50. The molecule has 2 rings (SSSR count).